The van der Waals surface area contributed by atoms with Gasteiger partial charge in [0.05, 0.1) is 12.7 Å². The van der Waals surface area contributed by atoms with Crippen LogP contribution in [0.3, 0.4) is 0 Å². The van der Waals surface area contributed by atoms with Crippen LogP contribution < -0.4 is 0 Å². The van der Waals surface area contributed by atoms with E-state index in [1.54, 1.807) is 0 Å². The first-order chi connectivity index (χ1) is 8.20. The highest BCUT2D eigenvalue weighted by atomic mass is 35.5. The molecule has 2 heterocycles. The molecule has 0 N–H and O–H groups in total. The lowest BCUT2D eigenvalue weighted by atomic mass is 10.2. The third-order valence-electron chi connectivity index (χ3n) is 4.02. The summed E-state index contributed by atoms with van der Waals surface area (Å²) in [6, 6.07) is 1.21. The Hall–Kier alpha value is 0.170. The third-order valence-corrected chi connectivity index (χ3v) is 4.37. The van der Waals surface area contributed by atoms with Gasteiger partial charge in [-0.3, -0.25) is 9.80 Å². The van der Waals surface area contributed by atoms with Gasteiger partial charge in [-0.05, 0) is 33.2 Å². The van der Waals surface area contributed by atoms with Crippen molar-refractivity contribution < 1.29 is 4.74 Å². The van der Waals surface area contributed by atoms with Crippen LogP contribution in [-0.2, 0) is 4.74 Å². The van der Waals surface area contributed by atoms with E-state index in [9.17, 15) is 0 Å². The molecule has 0 aromatic heterocycles. The molecule has 0 bridgehead atoms. The maximum atomic E-state index is 6.01. The van der Waals surface area contributed by atoms with E-state index < -0.39 is 0 Å². The van der Waals surface area contributed by atoms with Crippen LogP contribution in [0.15, 0.2) is 0 Å². The molecule has 17 heavy (non-hydrogen) atoms. The summed E-state index contributed by atoms with van der Waals surface area (Å²) in [5.74, 6) is 0.764. The predicted molar refractivity (Wildman–Crippen MR) is 71.8 cm³/mol. The van der Waals surface area contributed by atoms with Crippen LogP contribution in [0, 0.1) is 0 Å². The number of alkyl halides is 1. The predicted octanol–water partition coefficient (Wildman–Crippen LogP) is 1.80. The number of morpholine rings is 1. The zero-order valence-corrected chi connectivity index (χ0v) is 11.8. The number of likely N-dealkylation sites (tertiary alicyclic amines) is 1. The van der Waals surface area contributed by atoms with Gasteiger partial charge in [0, 0.05) is 37.6 Å². The van der Waals surface area contributed by atoms with E-state index in [1.165, 1.54) is 19.4 Å². The van der Waals surface area contributed by atoms with Crippen LogP contribution in [0.1, 0.15) is 26.7 Å². The largest absolute Gasteiger partial charge is 0.374 e. The Morgan fingerprint density at radius 2 is 2.18 bits per heavy atom. The fourth-order valence-electron chi connectivity index (χ4n) is 2.89. The SMILES string of the molecule is CC(C)N1CCOC(CN2CCCC2CCl)C1. The number of hydrogen-bond acceptors (Lipinski definition) is 3. The monoisotopic (exact) mass is 260 g/mol. The Morgan fingerprint density at radius 3 is 2.88 bits per heavy atom. The zero-order valence-electron chi connectivity index (χ0n) is 11.1. The van der Waals surface area contributed by atoms with E-state index in [0.717, 1.165) is 32.1 Å². The Kier molecular flexibility index (Phi) is 5.10. The quantitative estimate of drug-likeness (QED) is 0.717. The summed E-state index contributed by atoms with van der Waals surface area (Å²) in [5, 5.41) is 0. The third kappa shape index (κ3) is 3.57. The zero-order chi connectivity index (χ0) is 12.3. The highest BCUT2D eigenvalue weighted by Crippen LogP contribution is 2.20. The smallest absolute Gasteiger partial charge is 0.0829 e. The molecule has 2 aliphatic heterocycles. The number of hydrogen-bond donors (Lipinski definition) is 0. The lowest BCUT2D eigenvalue weighted by Gasteiger charge is -2.37. The standard InChI is InChI=1S/C13H25ClN2O/c1-11(2)15-6-7-17-13(9-15)10-16-5-3-4-12(16)8-14/h11-13H,3-10H2,1-2H3. The molecule has 0 aliphatic carbocycles. The summed E-state index contributed by atoms with van der Waals surface area (Å²) in [4.78, 5) is 5.03. The molecule has 4 heteroatoms. The maximum Gasteiger partial charge on any atom is 0.0829 e. The topological polar surface area (TPSA) is 15.7 Å². The van der Waals surface area contributed by atoms with Crippen molar-refractivity contribution in [3.05, 3.63) is 0 Å². The first-order valence-electron chi connectivity index (χ1n) is 6.86. The molecule has 2 fully saturated rings. The molecule has 100 valence electrons. The van der Waals surface area contributed by atoms with Gasteiger partial charge in [-0.25, -0.2) is 0 Å². The summed E-state index contributed by atoms with van der Waals surface area (Å²) in [6.07, 6.45) is 2.91. The number of rotatable bonds is 4. The number of halogens is 1. The molecule has 2 atom stereocenters. The van der Waals surface area contributed by atoms with Gasteiger partial charge >= 0.3 is 0 Å². The molecule has 0 saturated carbocycles. The van der Waals surface area contributed by atoms with Gasteiger partial charge in [-0.2, -0.15) is 0 Å². The normalized spacial score (nSPS) is 32.5. The maximum absolute atomic E-state index is 6.01. The molecule has 0 radical (unpaired) electrons. The molecular weight excluding hydrogens is 236 g/mol. The fourth-order valence-corrected chi connectivity index (χ4v) is 3.24. The first kappa shape index (κ1) is 13.6. The van der Waals surface area contributed by atoms with E-state index in [-0.39, 0.29) is 0 Å². The highest BCUT2D eigenvalue weighted by molar-refractivity contribution is 6.18. The Balaban J connectivity index is 1.82. The molecule has 2 saturated heterocycles. The molecular formula is C13H25ClN2O. The average Bonchev–Trinajstić information content (AvgIpc) is 2.76. The number of nitrogens with zero attached hydrogens (tertiary/aromatic N) is 2. The molecule has 0 spiro atoms. The number of ether oxygens (including phenoxy) is 1. The van der Waals surface area contributed by atoms with Crippen LogP contribution >= 0.6 is 11.6 Å². The van der Waals surface area contributed by atoms with Gasteiger partial charge in [0.25, 0.3) is 0 Å². The van der Waals surface area contributed by atoms with E-state index >= 15 is 0 Å². The van der Waals surface area contributed by atoms with E-state index in [0.29, 0.717) is 18.2 Å². The van der Waals surface area contributed by atoms with E-state index in [1.807, 2.05) is 0 Å². The van der Waals surface area contributed by atoms with Crippen molar-refractivity contribution in [3.63, 3.8) is 0 Å². The highest BCUT2D eigenvalue weighted by Gasteiger charge is 2.29. The van der Waals surface area contributed by atoms with Crippen molar-refractivity contribution in [2.24, 2.45) is 0 Å². The summed E-state index contributed by atoms with van der Waals surface area (Å²) in [6.45, 7) is 9.80. The van der Waals surface area contributed by atoms with Crippen LogP contribution in [0.25, 0.3) is 0 Å². The van der Waals surface area contributed by atoms with Gasteiger partial charge < -0.3 is 4.74 Å². The summed E-state index contributed by atoms with van der Waals surface area (Å²) < 4.78 is 5.89. The Morgan fingerprint density at radius 1 is 1.35 bits per heavy atom. The molecule has 3 nitrogen and oxygen atoms in total. The molecule has 2 unspecified atom stereocenters. The van der Waals surface area contributed by atoms with Gasteiger partial charge in [0.15, 0.2) is 0 Å². The lowest BCUT2D eigenvalue weighted by molar-refractivity contribution is -0.0527. The van der Waals surface area contributed by atoms with Crippen LogP contribution in [0.2, 0.25) is 0 Å². The second-order valence-corrected chi connectivity index (χ2v) is 5.84. The van der Waals surface area contributed by atoms with Crippen LogP contribution in [0.4, 0.5) is 0 Å². The summed E-state index contributed by atoms with van der Waals surface area (Å²) >= 11 is 6.01. The van der Waals surface area contributed by atoms with Crippen molar-refractivity contribution >= 4 is 11.6 Å². The lowest BCUT2D eigenvalue weighted by Crippen LogP contribution is -2.50. The Labute approximate surface area is 110 Å². The molecule has 2 rings (SSSR count). The van der Waals surface area contributed by atoms with Crippen LogP contribution in [0.5, 0.6) is 0 Å². The molecule has 2 aliphatic rings. The van der Waals surface area contributed by atoms with E-state index in [4.69, 9.17) is 16.3 Å². The van der Waals surface area contributed by atoms with Crippen molar-refractivity contribution in [2.75, 3.05) is 38.7 Å². The molecule has 0 aromatic carbocycles. The van der Waals surface area contributed by atoms with Gasteiger partial charge in [0.2, 0.25) is 0 Å². The second-order valence-electron chi connectivity index (χ2n) is 5.53. The van der Waals surface area contributed by atoms with Gasteiger partial charge in [-0.15, -0.1) is 11.6 Å². The fraction of sp³-hybridized carbons (Fsp3) is 1.00. The minimum Gasteiger partial charge on any atom is -0.374 e. The Bertz CT molecular complexity index is 237. The van der Waals surface area contributed by atoms with Crippen molar-refractivity contribution in [1.82, 2.24) is 9.80 Å². The summed E-state index contributed by atoms with van der Waals surface area (Å²) in [7, 11) is 0. The average molecular weight is 261 g/mol. The van der Waals surface area contributed by atoms with Gasteiger partial charge in [0.1, 0.15) is 0 Å². The minimum atomic E-state index is 0.370. The van der Waals surface area contributed by atoms with Crippen molar-refractivity contribution in [3.8, 4) is 0 Å². The van der Waals surface area contributed by atoms with E-state index in [2.05, 4.69) is 23.6 Å². The minimum absolute atomic E-state index is 0.370. The molecule has 0 aromatic rings. The van der Waals surface area contributed by atoms with Crippen molar-refractivity contribution in [2.45, 2.75) is 44.9 Å². The second kappa shape index (κ2) is 6.37. The summed E-state index contributed by atoms with van der Waals surface area (Å²) in [5.41, 5.74) is 0. The molecule has 0 amide bonds. The first-order valence-corrected chi connectivity index (χ1v) is 7.40. The van der Waals surface area contributed by atoms with Crippen molar-refractivity contribution in [1.29, 1.82) is 0 Å². The van der Waals surface area contributed by atoms with Gasteiger partial charge in [-0.1, -0.05) is 0 Å². The van der Waals surface area contributed by atoms with Crippen LogP contribution in [-0.4, -0.2) is 66.7 Å².